The third-order valence-electron chi connectivity index (χ3n) is 3.13. The van der Waals surface area contributed by atoms with E-state index >= 15 is 0 Å². The van der Waals surface area contributed by atoms with Gasteiger partial charge in [0.1, 0.15) is 6.10 Å². The molecule has 0 N–H and O–H groups in total. The van der Waals surface area contributed by atoms with Gasteiger partial charge in [0, 0.05) is 13.2 Å². The largest absolute Gasteiger partial charge is 0.470 e. The summed E-state index contributed by atoms with van der Waals surface area (Å²) in [6.45, 7) is 0.706. The van der Waals surface area contributed by atoms with Gasteiger partial charge in [-0.05, 0) is 28.1 Å². The van der Waals surface area contributed by atoms with E-state index in [9.17, 15) is 13.2 Å². The third-order valence-corrected chi connectivity index (χ3v) is 4.99. The van der Waals surface area contributed by atoms with Gasteiger partial charge in [-0.25, -0.2) is 13.4 Å². The fourth-order valence-electron chi connectivity index (χ4n) is 1.74. The quantitative estimate of drug-likeness (QED) is 0.738. The zero-order chi connectivity index (χ0) is 15.6. The van der Waals surface area contributed by atoms with Crippen LogP contribution in [0.4, 0.5) is 0 Å². The van der Waals surface area contributed by atoms with Gasteiger partial charge in [-0.1, -0.05) is 0 Å². The predicted molar refractivity (Wildman–Crippen MR) is 80.4 cm³/mol. The Morgan fingerprint density at radius 3 is 2.81 bits per heavy atom. The maximum atomic E-state index is 11.9. The van der Waals surface area contributed by atoms with Crippen molar-refractivity contribution in [3.63, 3.8) is 0 Å². The first kappa shape index (κ1) is 16.2. The summed E-state index contributed by atoms with van der Waals surface area (Å²) in [6.07, 6.45) is 2.58. The molecule has 116 valence electrons. The first-order valence-corrected chi connectivity index (χ1v) is 8.88. The monoisotopic (exact) mass is 377 g/mol. The predicted octanol–water partition coefficient (Wildman–Crippen LogP) is 0.325. The van der Waals surface area contributed by atoms with Crippen LogP contribution >= 0.6 is 15.9 Å². The van der Waals surface area contributed by atoms with Crippen LogP contribution in [0.5, 0.6) is 5.88 Å². The van der Waals surface area contributed by atoms with E-state index in [2.05, 4.69) is 20.9 Å². The number of aromatic nitrogens is 1. The summed E-state index contributed by atoms with van der Waals surface area (Å²) in [5, 5.41) is 0. The minimum atomic E-state index is -3.34. The fourth-order valence-corrected chi connectivity index (χ4v) is 2.43. The van der Waals surface area contributed by atoms with Crippen molar-refractivity contribution >= 4 is 31.9 Å². The third kappa shape index (κ3) is 4.14. The topological polar surface area (TPSA) is 79.8 Å². The van der Waals surface area contributed by atoms with Crippen molar-refractivity contribution in [3.8, 4) is 5.88 Å². The van der Waals surface area contributed by atoms with Crippen molar-refractivity contribution in [2.75, 3.05) is 32.9 Å². The Labute approximate surface area is 132 Å². The molecule has 0 spiro atoms. The molecule has 0 radical (unpaired) electrons. The number of rotatable bonds is 5. The van der Waals surface area contributed by atoms with Gasteiger partial charge >= 0.3 is 0 Å². The summed E-state index contributed by atoms with van der Waals surface area (Å²) in [7, 11) is -1.96. The number of hydrogen-bond acceptors (Lipinski definition) is 5. The van der Waals surface area contributed by atoms with Crippen molar-refractivity contribution < 1.29 is 17.9 Å². The van der Waals surface area contributed by atoms with Gasteiger partial charge in [-0.3, -0.25) is 4.79 Å². The Kier molecular flexibility index (Phi) is 4.84. The molecule has 1 aliphatic rings. The number of likely N-dealkylation sites (tertiary alicyclic amines) is 1. The minimum Gasteiger partial charge on any atom is -0.470 e. The maximum absolute atomic E-state index is 11.9. The number of pyridine rings is 1. The second-order valence-electron chi connectivity index (χ2n) is 4.85. The van der Waals surface area contributed by atoms with Crippen molar-refractivity contribution in [1.82, 2.24) is 14.2 Å². The van der Waals surface area contributed by atoms with Crippen LogP contribution in [-0.4, -0.2) is 67.6 Å². The highest BCUT2D eigenvalue weighted by atomic mass is 79.9. The number of nitrogens with zero attached hydrogens (tertiary/aromatic N) is 3. The molecule has 0 atom stereocenters. The Morgan fingerprint density at radius 2 is 2.24 bits per heavy atom. The van der Waals surface area contributed by atoms with E-state index in [-0.39, 0.29) is 18.6 Å². The zero-order valence-corrected chi connectivity index (χ0v) is 14.1. The first-order valence-electron chi connectivity index (χ1n) is 6.23. The van der Waals surface area contributed by atoms with Crippen molar-refractivity contribution in [1.29, 1.82) is 0 Å². The number of sulfonamides is 1. The van der Waals surface area contributed by atoms with Gasteiger partial charge in [-0.2, -0.15) is 4.31 Å². The molecule has 21 heavy (non-hydrogen) atoms. The van der Waals surface area contributed by atoms with Crippen LogP contribution in [0.1, 0.15) is 0 Å². The lowest BCUT2D eigenvalue weighted by Gasteiger charge is -2.39. The van der Waals surface area contributed by atoms with Crippen LogP contribution < -0.4 is 4.74 Å². The molecule has 0 bridgehead atoms. The van der Waals surface area contributed by atoms with Gasteiger partial charge in [0.2, 0.25) is 21.8 Å². The number of likely N-dealkylation sites (N-methyl/N-ethyl adjacent to an activating group) is 1. The van der Waals surface area contributed by atoms with E-state index in [0.29, 0.717) is 19.0 Å². The molecular weight excluding hydrogens is 362 g/mol. The molecule has 7 nitrogen and oxygen atoms in total. The summed E-state index contributed by atoms with van der Waals surface area (Å²) < 4.78 is 29.9. The van der Waals surface area contributed by atoms with Crippen LogP contribution in [0, 0.1) is 0 Å². The molecule has 1 fully saturated rings. The minimum absolute atomic E-state index is 0.122. The smallest absolute Gasteiger partial charge is 0.238 e. The normalized spacial score (nSPS) is 15.9. The van der Waals surface area contributed by atoms with Crippen LogP contribution in [-0.2, 0) is 14.8 Å². The average Bonchev–Trinajstić information content (AvgIpc) is 2.33. The molecule has 1 amide bonds. The van der Waals surface area contributed by atoms with Gasteiger partial charge in [0.05, 0.1) is 30.4 Å². The number of ether oxygens (including phenoxy) is 1. The highest BCUT2D eigenvalue weighted by molar-refractivity contribution is 9.10. The summed E-state index contributed by atoms with van der Waals surface area (Å²) in [5.41, 5.74) is 0. The molecule has 2 rings (SSSR count). The van der Waals surface area contributed by atoms with Crippen molar-refractivity contribution in [2.45, 2.75) is 6.10 Å². The zero-order valence-electron chi connectivity index (χ0n) is 11.7. The van der Waals surface area contributed by atoms with E-state index < -0.39 is 10.0 Å². The first-order chi connectivity index (χ1) is 9.77. The number of amides is 1. The lowest BCUT2D eigenvalue weighted by atomic mass is 10.1. The van der Waals surface area contributed by atoms with Crippen molar-refractivity contribution in [3.05, 3.63) is 22.8 Å². The molecule has 0 saturated carbocycles. The second-order valence-corrected chi connectivity index (χ2v) is 7.79. The summed E-state index contributed by atoms with van der Waals surface area (Å²) in [6, 6.07) is 3.61. The number of carbonyl (C=O) groups excluding carboxylic acids is 1. The van der Waals surface area contributed by atoms with E-state index in [0.717, 1.165) is 15.0 Å². The van der Waals surface area contributed by atoms with Crippen molar-refractivity contribution in [2.24, 2.45) is 0 Å². The second kappa shape index (κ2) is 6.29. The lowest BCUT2D eigenvalue weighted by molar-refractivity contribution is -0.140. The summed E-state index contributed by atoms with van der Waals surface area (Å²) >= 11 is 3.34. The Hall–Kier alpha value is -1.19. The Bertz CT molecular complexity index is 631. The fraction of sp³-hybridized carbons (Fsp3) is 0.500. The highest BCUT2D eigenvalue weighted by Crippen LogP contribution is 2.24. The molecule has 1 saturated heterocycles. The molecule has 0 unspecified atom stereocenters. The average molecular weight is 378 g/mol. The van der Waals surface area contributed by atoms with Crippen LogP contribution in [0.25, 0.3) is 0 Å². The SMILES string of the molecule is CN(CC(=O)N1CC(Oc2ncccc2Br)C1)S(C)(=O)=O. The van der Waals surface area contributed by atoms with E-state index in [1.165, 1.54) is 7.05 Å². The maximum Gasteiger partial charge on any atom is 0.238 e. The molecule has 1 aromatic rings. The van der Waals surface area contributed by atoms with Gasteiger partial charge < -0.3 is 9.64 Å². The van der Waals surface area contributed by atoms with E-state index in [4.69, 9.17) is 4.74 Å². The standard InChI is InChI=1S/C12H16BrN3O4S/c1-15(21(2,18)19)8-11(17)16-6-9(7-16)20-12-10(13)4-3-5-14-12/h3-5,9H,6-8H2,1-2H3. The van der Waals surface area contributed by atoms with E-state index in [1.807, 2.05) is 6.07 Å². The summed E-state index contributed by atoms with van der Waals surface area (Å²) in [4.78, 5) is 17.5. The van der Waals surface area contributed by atoms with E-state index in [1.54, 1.807) is 17.2 Å². The van der Waals surface area contributed by atoms with Gasteiger partial charge in [-0.15, -0.1) is 0 Å². The molecule has 1 aliphatic heterocycles. The molecule has 0 aliphatic carbocycles. The number of hydrogen-bond donors (Lipinski definition) is 0. The Morgan fingerprint density at radius 1 is 1.57 bits per heavy atom. The number of halogens is 1. The van der Waals surface area contributed by atoms with Gasteiger partial charge in [0.25, 0.3) is 0 Å². The van der Waals surface area contributed by atoms with Crippen LogP contribution in [0.3, 0.4) is 0 Å². The van der Waals surface area contributed by atoms with Crippen LogP contribution in [0.15, 0.2) is 22.8 Å². The molecular formula is C12H16BrN3O4S. The Balaban J connectivity index is 1.81. The molecule has 9 heteroatoms. The molecule has 1 aromatic heterocycles. The molecule has 2 heterocycles. The number of carbonyl (C=O) groups is 1. The summed E-state index contributed by atoms with van der Waals surface area (Å²) in [5.74, 6) is 0.255. The van der Waals surface area contributed by atoms with Gasteiger partial charge in [0.15, 0.2) is 0 Å². The van der Waals surface area contributed by atoms with Crippen LogP contribution in [0.2, 0.25) is 0 Å². The lowest BCUT2D eigenvalue weighted by Crippen LogP contribution is -2.58. The highest BCUT2D eigenvalue weighted by Gasteiger charge is 2.33. The molecule has 0 aromatic carbocycles.